The van der Waals surface area contributed by atoms with E-state index >= 15 is 4.39 Å². The molecule has 1 aliphatic heterocycles. The topological polar surface area (TPSA) is 90.4 Å². The van der Waals surface area contributed by atoms with Gasteiger partial charge in [-0.2, -0.15) is 4.31 Å². The second-order valence-corrected chi connectivity index (χ2v) is 13.9. The van der Waals surface area contributed by atoms with Gasteiger partial charge in [0, 0.05) is 47.8 Å². The Labute approximate surface area is 262 Å². The Morgan fingerprint density at radius 1 is 1.07 bits per heavy atom. The molecule has 4 rings (SSSR count). The number of hydrogen-bond acceptors (Lipinski definition) is 6. The van der Waals surface area contributed by atoms with Gasteiger partial charge in [0.25, 0.3) is 0 Å². The molecule has 3 aromatic rings. The zero-order valence-electron chi connectivity index (χ0n) is 24.3. The van der Waals surface area contributed by atoms with Crippen LogP contribution in [-0.4, -0.2) is 79.2 Å². The maximum atomic E-state index is 15.5. The Kier molecular flexibility index (Phi) is 11.1. The van der Waals surface area contributed by atoms with Crippen molar-refractivity contribution in [1.29, 1.82) is 0 Å². The molecule has 232 valence electrons. The molecular weight excluding hydrogens is 616 g/mol. The molecule has 12 heteroatoms. The number of carbonyl (C=O) groups is 1. The molecule has 3 aromatic carbocycles. The molecule has 1 aliphatic rings. The van der Waals surface area contributed by atoms with Gasteiger partial charge >= 0.3 is 5.97 Å². The van der Waals surface area contributed by atoms with E-state index in [0.29, 0.717) is 35.7 Å². The number of nitrogens with zero attached hydrogens (tertiary/aromatic N) is 3. The average molecular weight is 653 g/mol. The fourth-order valence-corrected chi connectivity index (χ4v) is 7.58. The van der Waals surface area contributed by atoms with Crippen LogP contribution in [0.15, 0.2) is 60.7 Å². The first-order chi connectivity index (χ1) is 20.4. The third-order valence-electron chi connectivity index (χ3n) is 7.54. The Hall–Kier alpha value is -2.73. The minimum absolute atomic E-state index is 0.0485. The van der Waals surface area contributed by atoms with Gasteiger partial charge in [0.2, 0.25) is 10.0 Å². The highest BCUT2D eigenvalue weighted by Crippen LogP contribution is 2.31. The molecule has 0 radical (unpaired) electrons. The molecule has 0 amide bonds. The molecule has 1 N–H and O–H groups in total. The molecular formula is C31H36Cl2FN3O5S. The highest BCUT2D eigenvalue weighted by Gasteiger charge is 2.41. The van der Waals surface area contributed by atoms with E-state index in [2.05, 4.69) is 9.80 Å². The maximum Gasteiger partial charge on any atom is 0.322 e. The number of sulfonamides is 1. The lowest BCUT2D eigenvalue weighted by Gasteiger charge is -2.34. The van der Waals surface area contributed by atoms with Crippen LogP contribution in [-0.2, 0) is 40.9 Å². The van der Waals surface area contributed by atoms with Gasteiger partial charge in [-0.25, -0.2) is 12.8 Å². The first-order valence-corrected chi connectivity index (χ1v) is 16.2. The summed E-state index contributed by atoms with van der Waals surface area (Å²) in [5.41, 5.74) is 2.85. The summed E-state index contributed by atoms with van der Waals surface area (Å²) in [6.45, 7) is 1.15. The fraction of sp³-hybridized carbons (Fsp3) is 0.387. The Morgan fingerprint density at radius 3 is 2.44 bits per heavy atom. The van der Waals surface area contributed by atoms with Crippen LogP contribution in [0.3, 0.4) is 0 Å². The van der Waals surface area contributed by atoms with Gasteiger partial charge in [0.15, 0.2) is 11.6 Å². The predicted octanol–water partition coefficient (Wildman–Crippen LogP) is 5.30. The third kappa shape index (κ3) is 8.47. The molecule has 0 aromatic heterocycles. The van der Waals surface area contributed by atoms with Crippen molar-refractivity contribution >= 4 is 39.2 Å². The van der Waals surface area contributed by atoms with Crippen LogP contribution in [0.5, 0.6) is 5.75 Å². The number of carboxylic acids is 1. The second-order valence-electron chi connectivity index (χ2n) is 11.0. The summed E-state index contributed by atoms with van der Waals surface area (Å²) >= 11 is 12.8. The molecule has 1 saturated heterocycles. The molecule has 8 nitrogen and oxygen atoms in total. The minimum atomic E-state index is -3.68. The Morgan fingerprint density at radius 2 is 1.77 bits per heavy atom. The monoisotopic (exact) mass is 651 g/mol. The van der Waals surface area contributed by atoms with Crippen LogP contribution in [0.2, 0.25) is 10.0 Å². The molecule has 0 saturated carbocycles. The van der Waals surface area contributed by atoms with E-state index in [9.17, 15) is 18.3 Å². The van der Waals surface area contributed by atoms with E-state index in [1.165, 1.54) is 13.2 Å². The van der Waals surface area contributed by atoms with Crippen molar-refractivity contribution in [3.05, 3.63) is 98.8 Å². The Balaban J connectivity index is 1.70. The standard InChI is InChI=1S/C31H36Cl2FN3O5S/c1-35(2)19-25(16-21-6-5-9-24(32)15-21)36(20-26-27(33)10-11-29(42-3)30(26)34)17-22-7-4-8-23(14-22)18-37-28(31(38)39)12-13-43(37,40)41/h4-11,14-15,25,28H,12-13,16-20H2,1-3H3,(H,38,39)/t25-,28?/m0/s1. The van der Waals surface area contributed by atoms with Gasteiger partial charge in [-0.3, -0.25) is 9.69 Å². The van der Waals surface area contributed by atoms with Gasteiger partial charge in [-0.1, -0.05) is 59.6 Å². The van der Waals surface area contributed by atoms with Crippen LogP contribution >= 0.6 is 23.2 Å². The summed E-state index contributed by atoms with van der Waals surface area (Å²) in [5.74, 6) is -1.78. The molecule has 1 unspecified atom stereocenters. The largest absolute Gasteiger partial charge is 0.494 e. The zero-order chi connectivity index (χ0) is 31.3. The minimum Gasteiger partial charge on any atom is -0.494 e. The third-order valence-corrected chi connectivity index (χ3v) is 9.98. The summed E-state index contributed by atoms with van der Waals surface area (Å²) in [6.07, 6.45) is 0.668. The summed E-state index contributed by atoms with van der Waals surface area (Å²) in [6, 6.07) is 16.9. The first kappa shape index (κ1) is 33.2. The van der Waals surface area contributed by atoms with Crippen molar-refractivity contribution in [1.82, 2.24) is 14.1 Å². The predicted molar refractivity (Wildman–Crippen MR) is 167 cm³/mol. The number of ether oxygens (including phenoxy) is 1. The smallest absolute Gasteiger partial charge is 0.322 e. The molecule has 43 heavy (non-hydrogen) atoms. The van der Waals surface area contributed by atoms with Crippen LogP contribution in [0.1, 0.15) is 28.7 Å². The second kappa shape index (κ2) is 14.4. The number of likely N-dealkylation sites (N-methyl/N-ethyl adjacent to an activating group) is 1. The average Bonchev–Trinajstić information content (AvgIpc) is 3.24. The van der Waals surface area contributed by atoms with E-state index in [1.807, 2.05) is 56.6 Å². The molecule has 1 fully saturated rings. The number of carboxylic acid groups (broad SMARTS) is 1. The van der Waals surface area contributed by atoms with Crippen molar-refractivity contribution in [3.63, 3.8) is 0 Å². The van der Waals surface area contributed by atoms with Gasteiger partial charge < -0.3 is 14.7 Å². The number of methoxy groups -OCH3 is 1. The van der Waals surface area contributed by atoms with Gasteiger partial charge in [-0.15, -0.1) is 0 Å². The molecule has 2 atom stereocenters. The lowest BCUT2D eigenvalue weighted by molar-refractivity contribution is -0.141. The van der Waals surface area contributed by atoms with E-state index in [0.717, 1.165) is 15.4 Å². The van der Waals surface area contributed by atoms with Gasteiger partial charge in [0.1, 0.15) is 6.04 Å². The summed E-state index contributed by atoms with van der Waals surface area (Å²) in [7, 11) is 1.67. The first-order valence-electron chi connectivity index (χ1n) is 13.8. The quantitative estimate of drug-likeness (QED) is 0.268. The highest BCUT2D eigenvalue weighted by atomic mass is 35.5. The normalized spacial score (nSPS) is 17.4. The number of hydrogen-bond donors (Lipinski definition) is 1. The summed E-state index contributed by atoms with van der Waals surface area (Å²) in [4.78, 5) is 15.9. The highest BCUT2D eigenvalue weighted by molar-refractivity contribution is 7.89. The molecule has 0 spiro atoms. The van der Waals surface area contributed by atoms with Gasteiger partial charge in [-0.05, 0) is 67.9 Å². The Bertz CT molecular complexity index is 1560. The van der Waals surface area contributed by atoms with Crippen molar-refractivity contribution < 1.29 is 27.4 Å². The number of aliphatic carboxylic acids is 1. The summed E-state index contributed by atoms with van der Waals surface area (Å²) < 4.78 is 47.1. The maximum absolute atomic E-state index is 15.5. The number of rotatable bonds is 13. The lowest BCUT2D eigenvalue weighted by atomic mass is 10.0. The van der Waals surface area contributed by atoms with Gasteiger partial charge in [0.05, 0.1) is 12.9 Å². The van der Waals surface area contributed by atoms with Crippen LogP contribution in [0, 0.1) is 5.82 Å². The van der Waals surface area contributed by atoms with Crippen LogP contribution in [0.25, 0.3) is 0 Å². The van der Waals surface area contributed by atoms with Crippen LogP contribution < -0.4 is 4.74 Å². The zero-order valence-corrected chi connectivity index (χ0v) is 26.7. The van der Waals surface area contributed by atoms with Crippen molar-refractivity contribution in [2.24, 2.45) is 0 Å². The lowest BCUT2D eigenvalue weighted by Crippen LogP contribution is -2.43. The SMILES string of the molecule is COc1ccc(Cl)c(CN(Cc2cccc(CN3C(C(=O)O)CCS3(=O)=O)c2)[C@@H](Cc2cccc(Cl)c2)CN(C)C)c1F. The number of halogens is 3. The van der Waals surface area contributed by atoms with Crippen molar-refractivity contribution in [3.8, 4) is 5.75 Å². The van der Waals surface area contributed by atoms with E-state index in [4.69, 9.17) is 27.9 Å². The van der Waals surface area contributed by atoms with Crippen molar-refractivity contribution in [2.45, 2.75) is 44.6 Å². The van der Waals surface area contributed by atoms with E-state index in [-0.39, 0.29) is 42.1 Å². The summed E-state index contributed by atoms with van der Waals surface area (Å²) in [5, 5.41) is 10.5. The molecule has 0 aliphatic carbocycles. The molecule has 0 bridgehead atoms. The van der Waals surface area contributed by atoms with E-state index < -0.39 is 27.9 Å². The number of benzene rings is 3. The fourth-order valence-electron chi connectivity index (χ4n) is 5.47. The van der Waals surface area contributed by atoms with Crippen LogP contribution in [0.4, 0.5) is 4.39 Å². The van der Waals surface area contributed by atoms with E-state index in [1.54, 1.807) is 12.1 Å². The van der Waals surface area contributed by atoms with Crippen molar-refractivity contribution in [2.75, 3.05) is 33.5 Å². The molecule has 1 heterocycles.